The van der Waals surface area contributed by atoms with Gasteiger partial charge in [0.15, 0.2) is 5.78 Å². The number of allylic oxidation sites excluding steroid dienone is 6. The molecule has 3 heterocycles. The van der Waals surface area contributed by atoms with Crippen LogP contribution >= 0.6 is 0 Å². The molecule has 0 aromatic carbocycles. The summed E-state index contributed by atoms with van der Waals surface area (Å²) in [6.07, 6.45) is 13.2. The lowest BCUT2D eigenvalue weighted by Gasteiger charge is -2.42. The zero-order valence-electron chi connectivity index (χ0n) is 44.7. The summed E-state index contributed by atoms with van der Waals surface area (Å²) >= 11 is 0. The fourth-order valence-electron chi connectivity index (χ4n) is 10.3. The summed E-state index contributed by atoms with van der Waals surface area (Å²) in [5.74, 6) is -8.34. The van der Waals surface area contributed by atoms with Crippen molar-refractivity contribution in [3.63, 3.8) is 0 Å². The van der Waals surface area contributed by atoms with Crippen LogP contribution in [0.5, 0.6) is 0 Å². The Morgan fingerprint density at radius 3 is 2.28 bits per heavy atom. The summed E-state index contributed by atoms with van der Waals surface area (Å²) in [5.41, 5.74) is 0.975. The number of methoxy groups -OCH3 is 2. The van der Waals surface area contributed by atoms with Crippen LogP contribution in [-0.4, -0.2) is 155 Å². The van der Waals surface area contributed by atoms with Crippen LogP contribution in [-0.2, 0) is 62.4 Å². The van der Waals surface area contributed by atoms with Crippen molar-refractivity contribution in [3.8, 4) is 0 Å². The van der Waals surface area contributed by atoms with Gasteiger partial charge in [-0.05, 0) is 115 Å². The van der Waals surface area contributed by atoms with E-state index in [1.54, 1.807) is 72.1 Å². The average Bonchev–Trinajstić information content (AvgIpc) is 3.86. The molecule has 17 nitrogen and oxygen atoms in total. The second-order valence-corrected chi connectivity index (χ2v) is 22.9. The summed E-state index contributed by atoms with van der Waals surface area (Å²) < 4.78 is 63.2. The van der Waals surface area contributed by atoms with E-state index < -0.39 is 87.7 Å². The van der Waals surface area contributed by atoms with E-state index in [1.165, 1.54) is 21.1 Å². The van der Waals surface area contributed by atoms with E-state index in [9.17, 15) is 42.6 Å². The molecule has 8 unspecified atom stereocenters. The van der Waals surface area contributed by atoms with Crippen molar-refractivity contribution in [1.82, 2.24) is 9.62 Å². The van der Waals surface area contributed by atoms with Crippen LogP contribution in [0.15, 0.2) is 47.6 Å². The largest absolute Gasteiger partial charge is 0.460 e. The summed E-state index contributed by atoms with van der Waals surface area (Å²) in [6.45, 7) is 13.9. The number of likely N-dealkylation sites (N-methyl/N-ethyl adjacent to an activating group) is 1. The number of aliphatic hydroxyl groups excluding tert-OH is 1. The van der Waals surface area contributed by atoms with Gasteiger partial charge in [0, 0.05) is 71.3 Å². The lowest BCUT2D eigenvalue weighted by molar-refractivity contribution is -0.263. The van der Waals surface area contributed by atoms with Gasteiger partial charge in [0.05, 0.1) is 24.6 Å². The first kappa shape index (κ1) is 61.1. The van der Waals surface area contributed by atoms with Gasteiger partial charge in [-0.15, -0.1) is 0 Å². The number of nitrogens with zero attached hydrogens (tertiary/aromatic N) is 1. The number of sulfonamides is 1. The predicted octanol–water partition coefficient (Wildman–Crippen LogP) is 5.75. The van der Waals surface area contributed by atoms with Crippen molar-refractivity contribution in [2.24, 2.45) is 35.5 Å². The first-order valence-electron chi connectivity index (χ1n) is 26.0. The smallest absolute Gasteiger partial charge is 0.328 e. The fraction of sp³-hybridized carbons (Fsp3) is 0.759. The molecule has 4 rings (SSSR count). The SMILES string of the molecule is COC1C(=O)C(C)CC/C=C/C=C/C=C(\C)C(NS(C)(=O)=O)C[C@H]2CC[C@H](C)[C@](O)(O2)C(=O)C(=O)N(C)C(C)C(=O)OC([C@H](C)C[C@@H]2CC[C@@H](OCCC3CCOC3)[C@H](OC)C2)CC(=O)C(C)/C=C(\C)C1O. The van der Waals surface area contributed by atoms with E-state index in [1.807, 2.05) is 13.0 Å². The van der Waals surface area contributed by atoms with Crippen molar-refractivity contribution >= 4 is 39.2 Å². The van der Waals surface area contributed by atoms with Crippen molar-refractivity contribution in [2.75, 3.05) is 47.3 Å². The molecular weight excluding hydrogens is 949 g/mol. The Morgan fingerprint density at radius 1 is 0.903 bits per heavy atom. The van der Waals surface area contributed by atoms with E-state index in [2.05, 4.69) is 4.72 Å². The van der Waals surface area contributed by atoms with Crippen LogP contribution in [0.25, 0.3) is 0 Å². The van der Waals surface area contributed by atoms with Crippen LogP contribution in [0.3, 0.4) is 0 Å². The van der Waals surface area contributed by atoms with Gasteiger partial charge in [0.25, 0.3) is 11.7 Å². The molecule has 0 radical (unpaired) electrons. The monoisotopic (exact) mass is 1030 g/mol. The summed E-state index contributed by atoms with van der Waals surface area (Å²) in [6, 6.07) is -2.14. The fourth-order valence-corrected chi connectivity index (χ4v) is 11.1. The number of cyclic esters (lactones) is 1. The number of hydrogen-bond acceptors (Lipinski definition) is 15. The highest BCUT2D eigenvalue weighted by molar-refractivity contribution is 7.88. The normalized spacial score (nSPS) is 38.0. The van der Waals surface area contributed by atoms with Crippen LogP contribution in [0.4, 0.5) is 0 Å². The summed E-state index contributed by atoms with van der Waals surface area (Å²) in [7, 11) is 0.541. The van der Waals surface area contributed by atoms with Crippen LogP contribution < -0.4 is 4.72 Å². The van der Waals surface area contributed by atoms with Gasteiger partial charge < -0.3 is 43.5 Å². The predicted molar refractivity (Wildman–Crippen MR) is 272 cm³/mol. The number of ketones is 3. The standard InChI is InChI=1S/C54H86N2O15S/c1-33-17-15-13-12-14-16-18-34(2)48(58)50(67-10)49(59)37(5)27-35(3)44(57)31-46(36(4)28-41-20-22-45(47(29-41)66-9)69-26-24-40-23-25-68-32-40)70-53(62)39(7)56(8)52(61)51(60)54(63)38(6)19-21-42(71-54)30-43(33)55-72(11,64)65/h12-15,17,27,34-36,38-43,45-47,49-50,55,59,63H,16,18-26,28-32H2,1-11H3/b14-12+,15-13+,33-17+,37-27+/t34?,35?,36-,38+,39?,40?,41+,42-,43?,45-,46?,47-,49?,50?,54+/m1/s1. The molecule has 3 aliphatic heterocycles. The number of fused-ring (bicyclic) bond motifs is 2. The number of carbonyl (C=O) groups is 5. The first-order chi connectivity index (χ1) is 33.9. The maximum Gasteiger partial charge on any atom is 0.328 e. The minimum Gasteiger partial charge on any atom is -0.460 e. The van der Waals surface area contributed by atoms with Gasteiger partial charge in [-0.3, -0.25) is 19.2 Å². The number of rotatable bonds is 11. The first-order valence-corrected chi connectivity index (χ1v) is 27.9. The Morgan fingerprint density at radius 2 is 1.62 bits per heavy atom. The zero-order chi connectivity index (χ0) is 53.5. The van der Waals surface area contributed by atoms with Gasteiger partial charge >= 0.3 is 5.97 Å². The van der Waals surface area contributed by atoms with Gasteiger partial charge in [0.1, 0.15) is 30.1 Å². The molecule has 72 heavy (non-hydrogen) atoms. The lowest BCUT2D eigenvalue weighted by atomic mass is 9.78. The van der Waals surface area contributed by atoms with Crippen molar-refractivity contribution < 1.29 is 71.0 Å². The van der Waals surface area contributed by atoms with Gasteiger partial charge in [-0.1, -0.05) is 69.7 Å². The van der Waals surface area contributed by atoms with Crippen LogP contribution in [0.1, 0.15) is 126 Å². The number of hydrogen-bond donors (Lipinski definition) is 3. The third-order valence-electron chi connectivity index (χ3n) is 15.4. The molecule has 15 atom stereocenters. The van der Waals surface area contributed by atoms with Gasteiger partial charge in [0.2, 0.25) is 15.8 Å². The molecule has 1 aliphatic carbocycles. The van der Waals surface area contributed by atoms with Crippen LogP contribution in [0, 0.1) is 35.5 Å². The molecule has 0 aromatic rings. The molecule has 1 saturated carbocycles. The molecule has 408 valence electrons. The van der Waals surface area contributed by atoms with Crippen molar-refractivity contribution in [2.45, 2.75) is 180 Å². The third kappa shape index (κ3) is 17.6. The second-order valence-electron chi connectivity index (χ2n) is 21.2. The number of nitrogens with one attached hydrogen (secondary N) is 1. The number of carbonyl (C=O) groups excluding carboxylic acids is 5. The molecule has 0 spiro atoms. The Kier molecular flexibility index (Phi) is 24.1. The summed E-state index contributed by atoms with van der Waals surface area (Å²) in [5, 5.41) is 23.3. The zero-order valence-corrected chi connectivity index (χ0v) is 45.5. The molecule has 0 aromatic heterocycles. The molecule has 3 fully saturated rings. The van der Waals surface area contributed by atoms with Crippen molar-refractivity contribution in [1.29, 1.82) is 0 Å². The number of ether oxygens (including phenoxy) is 6. The highest BCUT2D eigenvalue weighted by Crippen LogP contribution is 2.37. The van der Waals surface area contributed by atoms with E-state index in [0.29, 0.717) is 55.8 Å². The Hall–Kier alpha value is -3.46. The number of Topliss-reactive ketones (excluding diaryl/α,β-unsaturated/α-hetero) is 3. The Balaban J connectivity index is 1.63. The summed E-state index contributed by atoms with van der Waals surface area (Å²) in [4.78, 5) is 70.9. The average molecular weight is 1040 g/mol. The third-order valence-corrected chi connectivity index (χ3v) is 16.1. The maximum atomic E-state index is 14.2. The Bertz CT molecular complexity index is 2070. The number of aliphatic hydroxyl groups is 2. The molecule has 1 amide bonds. The van der Waals surface area contributed by atoms with Gasteiger partial charge in [-0.2, -0.15) is 0 Å². The van der Waals surface area contributed by atoms with E-state index in [-0.39, 0.29) is 54.9 Å². The molecule has 2 saturated heterocycles. The highest BCUT2D eigenvalue weighted by Gasteiger charge is 2.52. The minimum atomic E-state index is -3.74. The maximum absolute atomic E-state index is 14.2. The topological polar surface area (TPSA) is 231 Å². The van der Waals surface area contributed by atoms with E-state index in [4.69, 9.17) is 28.4 Å². The lowest BCUT2D eigenvalue weighted by Crippen LogP contribution is -2.59. The highest BCUT2D eigenvalue weighted by atomic mass is 32.2. The number of amides is 1. The van der Waals surface area contributed by atoms with Crippen LogP contribution in [0.2, 0.25) is 0 Å². The molecule has 2 bridgehead atoms. The molecule has 18 heteroatoms. The molecule has 3 N–H and O–H groups in total. The number of esters is 1. The van der Waals surface area contributed by atoms with Gasteiger partial charge in [-0.25, -0.2) is 17.9 Å². The second kappa shape index (κ2) is 28.4. The minimum absolute atomic E-state index is 0.0289. The molecular formula is C54H86N2O15S. The van der Waals surface area contributed by atoms with E-state index in [0.717, 1.165) is 50.1 Å². The molecule has 4 aliphatic rings. The Labute approximate surface area is 428 Å². The van der Waals surface area contributed by atoms with E-state index >= 15 is 0 Å². The van der Waals surface area contributed by atoms with Crippen molar-refractivity contribution in [3.05, 3.63) is 47.6 Å². The quantitative estimate of drug-likeness (QED) is 0.127.